The first kappa shape index (κ1) is 16.9. The van der Waals surface area contributed by atoms with Gasteiger partial charge in [0.2, 0.25) is 0 Å². The number of ether oxygens (including phenoxy) is 1. The summed E-state index contributed by atoms with van der Waals surface area (Å²) in [7, 11) is 0. The number of hydrogen-bond acceptors (Lipinski definition) is 3. The van der Waals surface area contributed by atoms with Gasteiger partial charge in [0.25, 0.3) is 5.91 Å². The van der Waals surface area contributed by atoms with E-state index in [0.717, 1.165) is 32.1 Å². The van der Waals surface area contributed by atoms with Gasteiger partial charge < -0.3 is 10.1 Å². The molecule has 5 aliphatic rings. The van der Waals surface area contributed by atoms with E-state index < -0.39 is 6.10 Å². The number of rotatable bonds is 4. The van der Waals surface area contributed by atoms with Gasteiger partial charge in [0, 0.05) is 10.4 Å². The Labute approximate surface area is 152 Å². The van der Waals surface area contributed by atoms with Crippen molar-refractivity contribution in [2.75, 3.05) is 0 Å². The van der Waals surface area contributed by atoms with Crippen molar-refractivity contribution in [2.45, 2.75) is 87.6 Å². The van der Waals surface area contributed by atoms with Crippen LogP contribution < -0.4 is 5.32 Å². The van der Waals surface area contributed by atoms with Crippen LogP contribution in [0.2, 0.25) is 0 Å². The lowest BCUT2D eigenvalue weighted by atomic mass is 9.49. The van der Waals surface area contributed by atoms with Crippen molar-refractivity contribution in [2.24, 2.45) is 17.3 Å². The van der Waals surface area contributed by atoms with E-state index >= 15 is 0 Å². The van der Waals surface area contributed by atoms with Gasteiger partial charge in [-0.15, -0.1) is 0 Å². The maximum absolute atomic E-state index is 13.0. The summed E-state index contributed by atoms with van der Waals surface area (Å²) in [4.78, 5) is 25.3. The van der Waals surface area contributed by atoms with Gasteiger partial charge in [-0.2, -0.15) is 0 Å². The fraction of sp³-hybridized carbons (Fsp3) is 0.895. The van der Waals surface area contributed by atoms with Crippen LogP contribution in [0.5, 0.6) is 0 Å². The van der Waals surface area contributed by atoms with Crippen molar-refractivity contribution < 1.29 is 14.3 Å². The van der Waals surface area contributed by atoms with E-state index in [1.54, 1.807) is 6.92 Å². The Balaban J connectivity index is 1.39. The van der Waals surface area contributed by atoms with Crippen LogP contribution in [-0.2, 0) is 14.3 Å². The number of alkyl halides is 1. The van der Waals surface area contributed by atoms with Gasteiger partial charge in [-0.3, -0.25) is 9.59 Å². The minimum atomic E-state index is -0.683. The third kappa shape index (κ3) is 3.02. The largest absolute Gasteiger partial charge is 0.452 e. The van der Waals surface area contributed by atoms with Crippen LogP contribution >= 0.6 is 15.9 Å². The van der Waals surface area contributed by atoms with Gasteiger partial charge in [-0.1, -0.05) is 28.8 Å². The molecule has 1 amide bonds. The Morgan fingerprint density at radius 2 is 1.75 bits per heavy atom. The first-order chi connectivity index (χ1) is 11.4. The molecule has 0 saturated heterocycles. The molecule has 0 radical (unpaired) electrons. The molecule has 4 bridgehead atoms. The lowest BCUT2D eigenvalue weighted by Gasteiger charge is -2.58. The molecule has 0 spiro atoms. The Morgan fingerprint density at radius 1 is 1.12 bits per heavy atom. The summed E-state index contributed by atoms with van der Waals surface area (Å²) in [6.07, 6.45) is 10.2. The van der Waals surface area contributed by atoms with Crippen molar-refractivity contribution in [3.05, 3.63) is 0 Å². The van der Waals surface area contributed by atoms with Crippen LogP contribution in [0.15, 0.2) is 0 Å². The molecule has 4 nitrogen and oxygen atoms in total. The monoisotopic (exact) mass is 397 g/mol. The van der Waals surface area contributed by atoms with E-state index in [1.165, 1.54) is 32.1 Å². The predicted octanol–water partition coefficient (Wildman–Crippen LogP) is 3.71. The van der Waals surface area contributed by atoms with E-state index in [1.807, 2.05) is 0 Å². The van der Waals surface area contributed by atoms with Crippen molar-refractivity contribution in [3.63, 3.8) is 0 Å². The van der Waals surface area contributed by atoms with Gasteiger partial charge in [0.1, 0.15) is 0 Å². The summed E-state index contributed by atoms with van der Waals surface area (Å²) in [6.45, 7) is 1.71. The first-order valence-electron chi connectivity index (χ1n) is 9.58. The Morgan fingerprint density at radius 3 is 2.33 bits per heavy atom. The molecule has 134 valence electrons. The van der Waals surface area contributed by atoms with E-state index in [0.29, 0.717) is 11.8 Å². The number of esters is 1. The lowest BCUT2D eigenvalue weighted by molar-refractivity contribution is -0.176. The molecular weight excluding hydrogens is 370 g/mol. The van der Waals surface area contributed by atoms with Gasteiger partial charge in [0.05, 0.1) is 5.41 Å². The van der Waals surface area contributed by atoms with E-state index in [9.17, 15) is 9.59 Å². The maximum Gasteiger partial charge on any atom is 0.312 e. The number of nitrogens with one attached hydrogen (secondary N) is 1. The van der Waals surface area contributed by atoms with Crippen molar-refractivity contribution in [1.82, 2.24) is 5.32 Å². The molecule has 5 atom stereocenters. The third-order valence-corrected chi connectivity index (χ3v) is 7.71. The molecule has 5 aliphatic carbocycles. The molecule has 5 rings (SSSR count). The van der Waals surface area contributed by atoms with E-state index in [4.69, 9.17) is 4.74 Å². The Hall–Kier alpha value is -0.580. The molecule has 5 heteroatoms. The quantitative estimate of drug-likeness (QED) is 0.580. The van der Waals surface area contributed by atoms with Crippen LogP contribution in [-0.4, -0.2) is 28.3 Å². The first-order valence-corrected chi connectivity index (χ1v) is 10.4. The van der Waals surface area contributed by atoms with Crippen LogP contribution in [0.4, 0.5) is 0 Å². The number of carbonyl (C=O) groups excluding carboxylic acids is 2. The molecule has 0 aliphatic heterocycles. The number of hydrogen-bond donors (Lipinski definition) is 1. The highest BCUT2D eigenvalue weighted by Gasteiger charge is 2.60. The molecule has 0 aromatic rings. The fourth-order valence-corrected chi connectivity index (χ4v) is 7.57. The standard InChI is InChI=1S/C19H28BrNO3/c1-12(16(22)21-15-4-2-3-5-15)24-17(23)18-7-13-6-14(8-18)10-19(20,9-13)11-18/h12-15H,2-11H2,1H3,(H,21,22)/t12-,13-,14+,18?,19?/m1/s1. The fourth-order valence-electron chi connectivity index (χ4n) is 6.12. The van der Waals surface area contributed by atoms with Gasteiger partial charge in [0.15, 0.2) is 6.10 Å². The predicted molar refractivity (Wildman–Crippen MR) is 94.7 cm³/mol. The van der Waals surface area contributed by atoms with Gasteiger partial charge in [-0.25, -0.2) is 0 Å². The zero-order valence-corrected chi connectivity index (χ0v) is 16.1. The highest BCUT2D eigenvalue weighted by molar-refractivity contribution is 9.10. The van der Waals surface area contributed by atoms with Gasteiger partial charge >= 0.3 is 5.97 Å². The molecule has 2 unspecified atom stereocenters. The molecule has 0 aromatic heterocycles. The van der Waals surface area contributed by atoms with E-state index in [-0.39, 0.29) is 27.7 Å². The average Bonchev–Trinajstić information content (AvgIpc) is 2.97. The molecule has 5 saturated carbocycles. The minimum Gasteiger partial charge on any atom is -0.452 e. The summed E-state index contributed by atoms with van der Waals surface area (Å²) in [5, 5.41) is 3.04. The zero-order valence-electron chi connectivity index (χ0n) is 14.5. The van der Waals surface area contributed by atoms with Crippen LogP contribution in [0, 0.1) is 17.3 Å². The van der Waals surface area contributed by atoms with Crippen molar-refractivity contribution in [1.29, 1.82) is 0 Å². The highest BCUT2D eigenvalue weighted by Crippen LogP contribution is 2.64. The third-order valence-electron chi connectivity index (χ3n) is 6.78. The number of amides is 1. The van der Waals surface area contributed by atoms with Gasteiger partial charge in [-0.05, 0) is 70.1 Å². The SMILES string of the molecule is C[C@@H](OC(=O)C12C[C@@H]3C[C@@H](CC(Br)(C3)C1)C2)C(=O)NC1CCCC1. The second kappa shape index (κ2) is 6.00. The molecule has 0 heterocycles. The van der Waals surface area contributed by atoms with Crippen molar-refractivity contribution in [3.8, 4) is 0 Å². The lowest BCUT2D eigenvalue weighted by Crippen LogP contribution is -2.57. The summed E-state index contributed by atoms with van der Waals surface area (Å²) < 4.78 is 5.81. The Kier molecular flexibility index (Phi) is 4.21. The van der Waals surface area contributed by atoms with Crippen molar-refractivity contribution >= 4 is 27.8 Å². The van der Waals surface area contributed by atoms with Crippen LogP contribution in [0.3, 0.4) is 0 Å². The second-order valence-corrected chi connectivity index (χ2v) is 10.6. The maximum atomic E-state index is 13.0. The summed E-state index contributed by atoms with van der Waals surface area (Å²) in [5.74, 6) is 1.02. The zero-order chi connectivity index (χ0) is 16.9. The van der Waals surface area contributed by atoms with Crippen LogP contribution in [0.1, 0.15) is 71.1 Å². The number of carbonyl (C=O) groups is 2. The second-order valence-electron chi connectivity index (χ2n) is 8.93. The molecular formula is C19H28BrNO3. The molecule has 1 N–H and O–H groups in total. The van der Waals surface area contributed by atoms with Crippen LogP contribution in [0.25, 0.3) is 0 Å². The molecule has 5 fully saturated rings. The number of halogens is 1. The topological polar surface area (TPSA) is 55.4 Å². The molecule has 24 heavy (non-hydrogen) atoms. The Bertz CT molecular complexity index is 529. The highest BCUT2D eigenvalue weighted by atomic mass is 79.9. The molecule has 0 aromatic carbocycles. The summed E-state index contributed by atoms with van der Waals surface area (Å²) in [5.41, 5.74) is -0.352. The summed E-state index contributed by atoms with van der Waals surface area (Å²) in [6, 6.07) is 0.268. The minimum absolute atomic E-state index is 0.130. The smallest absolute Gasteiger partial charge is 0.312 e. The summed E-state index contributed by atoms with van der Waals surface area (Å²) >= 11 is 3.93. The normalized spacial score (nSPS) is 42.1. The average molecular weight is 398 g/mol. The van der Waals surface area contributed by atoms with E-state index in [2.05, 4.69) is 21.2 Å².